The molecule has 1 aromatic heterocycles. The van der Waals surface area contributed by atoms with Crippen molar-refractivity contribution in [1.29, 1.82) is 0 Å². The van der Waals surface area contributed by atoms with Gasteiger partial charge in [0.2, 0.25) is 10.0 Å². The van der Waals surface area contributed by atoms with E-state index in [4.69, 9.17) is 4.74 Å². The number of sulfonamides is 1. The average molecular weight is 457 g/mol. The van der Waals surface area contributed by atoms with Crippen LogP contribution in [0, 0.1) is 0 Å². The number of imidazole rings is 1. The van der Waals surface area contributed by atoms with E-state index in [9.17, 15) is 13.2 Å². The molecule has 8 nitrogen and oxygen atoms in total. The van der Waals surface area contributed by atoms with Crippen molar-refractivity contribution in [3.63, 3.8) is 0 Å². The van der Waals surface area contributed by atoms with Crippen molar-refractivity contribution < 1.29 is 17.9 Å². The summed E-state index contributed by atoms with van der Waals surface area (Å²) < 4.78 is 33.1. The van der Waals surface area contributed by atoms with Gasteiger partial charge in [-0.15, -0.1) is 0 Å². The Bertz CT molecular complexity index is 1170. The Morgan fingerprint density at radius 2 is 1.88 bits per heavy atom. The largest absolute Gasteiger partial charge is 0.495 e. The maximum Gasteiger partial charge on any atom is 0.251 e. The number of hydrogen-bond acceptors (Lipinski definition) is 5. The number of nitrogens with zero attached hydrogens (tertiary/aromatic N) is 1. The van der Waals surface area contributed by atoms with Gasteiger partial charge < -0.3 is 15.0 Å². The molecular weight excluding hydrogens is 428 g/mol. The molecule has 1 amide bonds. The van der Waals surface area contributed by atoms with Crippen molar-refractivity contribution >= 4 is 15.9 Å². The van der Waals surface area contributed by atoms with Gasteiger partial charge in [-0.25, -0.2) is 18.1 Å². The highest BCUT2D eigenvalue weighted by Crippen LogP contribution is 2.26. The van der Waals surface area contributed by atoms with E-state index in [1.807, 2.05) is 37.3 Å². The summed E-state index contributed by atoms with van der Waals surface area (Å²) in [6, 6.07) is 13.4. The predicted molar refractivity (Wildman–Crippen MR) is 123 cm³/mol. The molecule has 0 aliphatic carbocycles. The normalized spacial score (nSPS) is 12.5. The number of amides is 1. The Morgan fingerprint density at radius 3 is 2.50 bits per heavy atom. The lowest BCUT2D eigenvalue weighted by atomic mass is 10.1. The van der Waals surface area contributed by atoms with Crippen LogP contribution in [0.5, 0.6) is 5.75 Å². The lowest BCUT2D eigenvalue weighted by Gasteiger charge is -2.17. The minimum absolute atomic E-state index is 0.0845. The lowest BCUT2D eigenvalue weighted by molar-refractivity contribution is 0.0933. The Hall–Kier alpha value is -3.17. The summed E-state index contributed by atoms with van der Waals surface area (Å²) >= 11 is 0. The predicted octanol–water partition coefficient (Wildman–Crippen LogP) is 3.65. The summed E-state index contributed by atoms with van der Waals surface area (Å²) in [4.78, 5) is 20.6. The second kappa shape index (κ2) is 9.97. The fourth-order valence-electron chi connectivity index (χ4n) is 3.29. The van der Waals surface area contributed by atoms with Gasteiger partial charge in [0.25, 0.3) is 5.91 Å². The van der Waals surface area contributed by atoms with Gasteiger partial charge in [0.05, 0.1) is 25.0 Å². The summed E-state index contributed by atoms with van der Waals surface area (Å²) in [7, 11) is -2.46. The molecule has 9 heteroatoms. The zero-order valence-corrected chi connectivity index (χ0v) is 19.4. The smallest absolute Gasteiger partial charge is 0.251 e. The van der Waals surface area contributed by atoms with E-state index in [2.05, 4.69) is 20.0 Å². The number of ether oxygens (including phenoxy) is 1. The van der Waals surface area contributed by atoms with Gasteiger partial charge in [0.15, 0.2) is 0 Å². The number of methoxy groups -OCH3 is 1. The van der Waals surface area contributed by atoms with Crippen LogP contribution in [0.3, 0.4) is 0 Å². The summed E-state index contributed by atoms with van der Waals surface area (Å²) in [5.74, 6) is 0.390. The first-order valence-corrected chi connectivity index (χ1v) is 11.8. The number of carbonyl (C=O) groups excluding carboxylic acids is 1. The number of aromatic nitrogens is 2. The third-order valence-electron chi connectivity index (χ3n) is 4.83. The second-order valence-corrected chi connectivity index (χ2v) is 9.31. The van der Waals surface area contributed by atoms with Crippen LogP contribution in [-0.4, -0.2) is 37.4 Å². The van der Waals surface area contributed by atoms with Gasteiger partial charge in [0.1, 0.15) is 16.5 Å². The van der Waals surface area contributed by atoms with Crippen LogP contribution in [0.1, 0.15) is 49.4 Å². The SMILES string of the molecule is CCC(NC(=O)c1ccc(OC)c(S(=O)(=O)NC(C)C)c1)c1ncc(-c2ccccc2)[nH]1. The summed E-state index contributed by atoms with van der Waals surface area (Å²) in [6.45, 7) is 5.38. The summed E-state index contributed by atoms with van der Waals surface area (Å²) in [6.07, 6.45) is 2.33. The van der Waals surface area contributed by atoms with E-state index in [0.717, 1.165) is 11.3 Å². The van der Waals surface area contributed by atoms with Crippen molar-refractivity contribution in [1.82, 2.24) is 20.0 Å². The molecule has 0 fully saturated rings. The number of rotatable bonds is 9. The molecule has 0 radical (unpaired) electrons. The standard InChI is InChI=1S/C23H28N4O4S/c1-5-18(22-24-14-19(25-22)16-9-7-6-8-10-16)26-23(28)17-11-12-20(31-4)21(13-17)32(29,30)27-15(2)3/h6-15,18,27H,5H2,1-4H3,(H,24,25)(H,26,28). The van der Waals surface area contributed by atoms with Gasteiger partial charge in [-0.3, -0.25) is 4.79 Å². The van der Waals surface area contributed by atoms with Crippen LogP contribution < -0.4 is 14.8 Å². The van der Waals surface area contributed by atoms with Crippen molar-refractivity contribution in [3.05, 3.63) is 66.1 Å². The van der Waals surface area contributed by atoms with E-state index >= 15 is 0 Å². The number of H-pyrrole nitrogens is 1. The fraction of sp³-hybridized carbons (Fsp3) is 0.304. The maximum absolute atomic E-state index is 13.0. The van der Waals surface area contributed by atoms with E-state index in [1.165, 1.54) is 25.3 Å². The summed E-state index contributed by atoms with van der Waals surface area (Å²) in [5.41, 5.74) is 2.06. The maximum atomic E-state index is 13.0. The molecule has 0 aliphatic heterocycles. The van der Waals surface area contributed by atoms with Crippen molar-refractivity contribution in [2.75, 3.05) is 7.11 Å². The highest BCUT2D eigenvalue weighted by atomic mass is 32.2. The molecule has 3 rings (SSSR count). The highest BCUT2D eigenvalue weighted by Gasteiger charge is 2.24. The first kappa shape index (κ1) is 23.5. The Labute approximate surface area is 188 Å². The quantitative estimate of drug-likeness (QED) is 0.455. The Balaban J connectivity index is 1.84. The lowest BCUT2D eigenvalue weighted by Crippen LogP contribution is -2.31. The molecule has 170 valence electrons. The zero-order valence-electron chi connectivity index (χ0n) is 18.5. The number of carbonyl (C=O) groups is 1. The van der Waals surface area contributed by atoms with Gasteiger partial charge in [-0.1, -0.05) is 37.3 Å². The summed E-state index contributed by atoms with van der Waals surface area (Å²) in [5, 5.41) is 2.93. The first-order valence-electron chi connectivity index (χ1n) is 10.4. The molecule has 0 bridgehead atoms. The van der Waals surface area contributed by atoms with Gasteiger partial charge in [-0.05, 0) is 44.0 Å². The topological polar surface area (TPSA) is 113 Å². The minimum Gasteiger partial charge on any atom is -0.495 e. The molecule has 0 aliphatic rings. The molecule has 32 heavy (non-hydrogen) atoms. The zero-order chi connectivity index (χ0) is 23.3. The molecule has 3 N–H and O–H groups in total. The molecule has 3 aromatic rings. The Kier molecular flexibility index (Phi) is 7.32. The van der Waals surface area contributed by atoms with Crippen LogP contribution in [-0.2, 0) is 10.0 Å². The van der Waals surface area contributed by atoms with E-state index < -0.39 is 15.9 Å². The van der Waals surface area contributed by atoms with Crippen LogP contribution in [0.15, 0.2) is 59.6 Å². The number of aromatic amines is 1. The van der Waals surface area contributed by atoms with E-state index in [0.29, 0.717) is 12.2 Å². The number of nitrogens with one attached hydrogen (secondary N) is 3. The molecule has 2 aromatic carbocycles. The number of hydrogen-bond donors (Lipinski definition) is 3. The van der Waals surface area contributed by atoms with Gasteiger partial charge >= 0.3 is 0 Å². The molecule has 1 atom stereocenters. The average Bonchev–Trinajstić information content (AvgIpc) is 3.26. The number of benzene rings is 2. The van der Waals surface area contributed by atoms with Crippen molar-refractivity contribution in [2.45, 2.75) is 44.2 Å². The Morgan fingerprint density at radius 1 is 1.16 bits per heavy atom. The molecule has 1 heterocycles. The minimum atomic E-state index is -3.85. The fourth-order valence-corrected chi connectivity index (χ4v) is 4.73. The van der Waals surface area contributed by atoms with Crippen molar-refractivity contribution in [2.24, 2.45) is 0 Å². The second-order valence-electron chi connectivity index (χ2n) is 7.62. The molecule has 0 saturated heterocycles. The van der Waals surface area contributed by atoms with E-state index in [1.54, 1.807) is 20.0 Å². The molecular formula is C23H28N4O4S. The van der Waals surface area contributed by atoms with Crippen LogP contribution >= 0.6 is 0 Å². The van der Waals surface area contributed by atoms with Crippen LogP contribution in [0.25, 0.3) is 11.3 Å². The van der Waals surface area contributed by atoms with Crippen LogP contribution in [0.2, 0.25) is 0 Å². The monoisotopic (exact) mass is 456 g/mol. The van der Waals surface area contributed by atoms with Crippen molar-refractivity contribution in [3.8, 4) is 17.0 Å². The third kappa shape index (κ3) is 5.35. The molecule has 0 spiro atoms. The molecule has 0 saturated carbocycles. The van der Waals surface area contributed by atoms with E-state index in [-0.39, 0.29) is 28.3 Å². The highest BCUT2D eigenvalue weighted by molar-refractivity contribution is 7.89. The molecule has 1 unspecified atom stereocenters. The van der Waals surface area contributed by atoms with Gasteiger partial charge in [-0.2, -0.15) is 0 Å². The van der Waals surface area contributed by atoms with Gasteiger partial charge in [0, 0.05) is 11.6 Å². The first-order chi connectivity index (χ1) is 15.2. The van der Waals surface area contributed by atoms with Crippen LogP contribution in [0.4, 0.5) is 0 Å². The third-order valence-corrected chi connectivity index (χ3v) is 6.51.